The van der Waals surface area contributed by atoms with Gasteiger partial charge in [-0.3, -0.25) is 9.78 Å². The van der Waals surface area contributed by atoms with Gasteiger partial charge in [-0.05, 0) is 94.2 Å². The van der Waals surface area contributed by atoms with E-state index in [1.807, 2.05) is 17.2 Å². The number of para-hydroxylation sites is 1. The van der Waals surface area contributed by atoms with Gasteiger partial charge in [0.2, 0.25) is 5.91 Å². The number of allylic oxidation sites excluding steroid dienone is 4. The molecule has 0 radical (unpaired) electrons. The average molecular weight is 595 g/mol. The summed E-state index contributed by atoms with van der Waals surface area (Å²) in [6.07, 6.45) is 18.3. The van der Waals surface area contributed by atoms with E-state index in [0.29, 0.717) is 32.2 Å². The van der Waals surface area contributed by atoms with Crippen molar-refractivity contribution in [2.75, 3.05) is 26.2 Å². The number of piperidine rings is 1. The minimum absolute atomic E-state index is 0.0788. The second-order valence-corrected chi connectivity index (χ2v) is 13.2. The number of aliphatic hydroxyl groups is 1. The zero-order valence-electron chi connectivity index (χ0n) is 25.3. The largest absolute Gasteiger partial charge is 0.478 e. The number of aromatic amines is 1. The van der Waals surface area contributed by atoms with Gasteiger partial charge in [0, 0.05) is 53.5 Å². The number of benzene rings is 1. The van der Waals surface area contributed by atoms with Crippen LogP contribution < -0.4 is 0 Å². The number of amides is 1. The fourth-order valence-corrected chi connectivity index (χ4v) is 8.87. The number of carboxylic acids is 1. The fourth-order valence-electron chi connectivity index (χ4n) is 8.87. The molecule has 1 aromatic carbocycles. The summed E-state index contributed by atoms with van der Waals surface area (Å²) in [6, 6.07) is 10.0. The van der Waals surface area contributed by atoms with Crippen molar-refractivity contribution >= 4 is 39.3 Å². The topological polar surface area (TPSA) is 110 Å². The summed E-state index contributed by atoms with van der Waals surface area (Å²) in [5, 5.41) is 24.2. The van der Waals surface area contributed by atoms with Crippen LogP contribution >= 0.6 is 0 Å². The van der Waals surface area contributed by atoms with Gasteiger partial charge in [0.25, 0.3) is 0 Å². The molecule has 1 amide bonds. The van der Waals surface area contributed by atoms with Crippen LogP contribution in [0.4, 0.5) is 0 Å². The average Bonchev–Trinajstić information content (AvgIpc) is 3.52. The number of rotatable bonds is 6. The van der Waals surface area contributed by atoms with Crippen molar-refractivity contribution in [2.45, 2.75) is 69.4 Å². The molecular weight excluding hydrogens is 552 g/mol. The van der Waals surface area contributed by atoms with Crippen molar-refractivity contribution in [3.05, 3.63) is 72.6 Å². The molecule has 1 spiro atoms. The lowest BCUT2D eigenvalue weighted by atomic mass is 9.55. The molecule has 2 fully saturated rings. The van der Waals surface area contributed by atoms with E-state index in [0.717, 1.165) is 84.8 Å². The van der Waals surface area contributed by atoms with Crippen molar-refractivity contribution < 1.29 is 19.8 Å². The molecule has 8 nitrogen and oxygen atoms in total. The molecule has 3 N–H and O–H groups in total. The number of hydrogen-bond donors (Lipinski definition) is 3. The standard InChI is InChI=1S/C36H42N4O4/c41-30-23-35-24-39-19-10-4-2-1-3-9-17-36(44,34(35)40(30)20-11-5-6-14-31(42)43)22-27(28(35)16-21-39)32-33-26(15-18-37-32)25-12-7-8-13-29(25)38-33/h1,3,6-8,12-15,18,22,28,34,38,44H,2,4-5,9-11,16-17,19-21,23-24H2,(H,42,43)/b3-1-,14-6-/t28-,34+,35-,36-/m0/s1. The van der Waals surface area contributed by atoms with Gasteiger partial charge in [-0.15, -0.1) is 0 Å². The van der Waals surface area contributed by atoms with Crippen molar-refractivity contribution in [3.63, 3.8) is 0 Å². The minimum atomic E-state index is -1.23. The maximum Gasteiger partial charge on any atom is 0.327 e. The van der Waals surface area contributed by atoms with Gasteiger partial charge in [-0.1, -0.05) is 36.4 Å². The van der Waals surface area contributed by atoms with E-state index in [2.05, 4.69) is 52.4 Å². The third-order valence-electron chi connectivity index (χ3n) is 10.6. The molecule has 3 aromatic rings. The molecule has 5 heterocycles. The fraction of sp³-hybridized carbons (Fsp3) is 0.472. The summed E-state index contributed by atoms with van der Waals surface area (Å²) in [5.74, 6) is -0.790. The Kier molecular flexibility index (Phi) is 7.67. The van der Waals surface area contributed by atoms with E-state index in [4.69, 9.17) is 10.1 Å². The minimum Gasteiger partial charge on any atom is -0.478 e. The smallest absolute Gasteiger partial charge is 0.327 e. The Hall–Kier alpha value is -3.75. The third kappa shape index (κ3) is 4.98. The number of likely N-dealkylation sites (tertiary alicyclic amines) is 1. The van der Waals surface area contributed by atoms with Crippen LogP contribution in [-0.2, 0) is 9.59 Å². The first-order chi connectivity index (χ1) is 21.4. The van der Waals surface area contributed by atoms with Crippen molar-refractivity contribution in [3.8, 4) is 0 Å². The van der Waals surface area contributed by atoms with Crippen LogP contribution in [-0.4, -0.2) is 79.7 Å². The number of hydrogen-bond acceptors (Lipinski definition) is 5. The van der Waals surface area contributed by atoms with Gasteiger partial charge in [-0.25, -0.2) is 4.79 Å². The molecule has 2 aromatic heterocycles. The van der Waals surface area contributed by atoms with E-state index in [1.165, 1.54) is 6.08 Å². The molecule has 4 aliphatic rings. The quantitative estimate of drug-likeness (QED) is 0.192. The molecule has 1 aliphatic carbocycles. The van der Waals surface area contributed by atoms with Crippen LogP contribution in [0.5, 0.6) is 0 Å². The maximum atomic E-state index is 14.1. The van der Waals surface area contributed by atoms with E-state index in [9.17, 15) is 14.7 Å². The predicted octanol–water partition coefficient (Wildman–Crippen LogP) is 5.69. The van der Waals surface area contributed by atoms with Gasteiger partial charge >= 0.3 is 5.97 Å². The number of aromatic nitrogens is 2. The Morgan fingerprint density at radius 3 is 2.86 bits per heavy atom. The number of H-pyrrole nitrogens is 1. The van der Waals surface area contributed by atoms with Gasteiger partial charge in [-0.2, -0.15) is 0 Å². The van der Waals surface area contributed by atoms with Crippen molar-refractivity contribution in [1.29, 1.82) is 0 Å². The zero-order valence-corrected chi connectivity index (χ0v) is 25.3. The Labute approximate surface area is 258 Å². The summed E-state index contributed by atoms with van der Waals surface area (Å²) >= 11 is 0. The monoisotopic (exact) mass is 594 g/mol. The van der Waals surface area contributed by atoms with Gasteiger partial charge in [0.1, 0.15) is 5.60 Å². The van der Waals surface area contributed by atoms with E-state index < -0.39 is 17.0 Å². The first kappa shape index (κ1) is 29.0. The lowest BCUT2D eigenvalue weighted by Gasteiger charge is -2.57. The van der Waals surface area contributed by atoms with Crippen LogP contribution in [0.3, 0.4) is 0 Å². The summed E-state index contributed by atoms with van der Waals surface area (Å²) in [4.78, 5) is 38.2. The predicted molar refractivity (Wildman–Crippen MR) is 172 cm³/mol. The van der Waals surface area contributed by atoms with Crippen molar-refractivity contribution in [1.82, 2.24) is 19.8 Å². The molecule has 2 saturated heterocycles. The van der Waals surface area contributed by atoms with Crippen LogP contribution in [0.15, 0.2) is 66.9 Å². The van der Waals surface area contributed by atoms with Gasteiger partial charge in [0.15, 0.2) is 0 Å². The Morgan fingerprint density at radius 2 is 1.98 bits per heavy atom. The lowest BCUT2D eigenvalue weighted by Crippen LogP contribution is -2.65. The SMILES string of the molecule is O=C(O)/C=C\CCCN1C(=O)C[C@]23CN4CCCC/C=C\CC[C@](O)(C=C(c5nccc6c5[nH]c5ccccc56)[C@@H]2CC4)[C@H]13. The van der Waals surface area contributed by atoms with E-state index >= 15 is 0 Å². The number of carbonyl (C=O) groups is 2. The van der Waals surface area contributed by atoms with Crippen LogP contribution in [0.25, 0.3) is 27.4 Å². The molecular formula is C36H42N4O4. The highest BCUT2D eigenvalue weighted by molar-refractivity contribution is 6.10. The Morgan fingerprint density at radius 1 is 1.11 bits per heavy atom. The Balaban J connectivity index is 1.37. The number of unbranched alkanes of at least 4 members (excludes halogenated alkanes) is 1. The van der Waals surface area contributed by atoms with Crippen molar-refractivity contribution in [2.24, 2.45) is 11.3 Å². The molecule has 230 valence electrons. The van der Waals surface area contributed by atoms with Crippen LogP contribution in [0, 0.1) is 11.3 Å². The second-order valence-electron chi connectivity index (χ2n) is 13.2. The summed E-state index contributed by atoms with van der Waals surface area (Å²) in [7, 11) is 0. The third-order valence-corrected chi connectivity index (χ3v) is 10.6. The summed E-state index contributed by atoms with van der Waals surface area (Å²) in [5.41, 5.74) is 2.33. The van der Waals surface area contributed by atoms with E-state index in [1.54, 1.807) is 6.08 Å². The van der Waals surface area contributed by atoms with Gasteiger partial charge in [0.05, 0.1) is 17.3 Å². The molecule has 1 unspecified atom stereocenters. The number of nitrogens with zero attached hydrogens (tertiary/aromatic N) is 3. The number of carbonyl (C=O) groups excluding carboxylic acids is 1. The van der Waals surface area contributed by atoms with Crippen LogP contribution in [0.1, 0.15) is 63.5 Å². The zero-order chi connectivity index (χ0) is 30.3. The highest BCUT2D eigenvalue weighted by Gasteiger charge is 2.66. The number of carboxylic acid groups (broad SMARTS) is 1. The molecule has 5 atom stereocenters. The second kappa shape index (κ2) is 11.6. The first-order valence-corrected chi connectivity index (χ1v) is 16.3. The maximum absolute atomic E-state index is 14.1. The Bertz CT molecular complexity index is 1670. The normalized spacial score (nSPS) is 31.5. The van der Waals surface area contributed by atoms with Gasteiger partial charge < -0.3 is 25.0 Å². The summed E-state index contributed by atoms with van der Waals surface area (Å²) in [6.45, 7) is 3.23. The lowest BCUT2D eigenvalue weighted by molar-refractivity contribution is -0.134. The number of fused-ring (bicyclic) bond motifs is 4. The number of pyridine rings is 1. The first-order valence-electron chi connectivity index (χ1n) is 16.3. The molecule has 7 rings (SSSR count). The van der Waals surface area contributed by atoms with Crippen LogP contribution in [0.2, 0.25) is 0 Å². The highest BCUT2D eigenvalue weighted by Crippen LogP contribution is 2.60. The molecule has 3 aliphatic heterocycles. The molecule has 0 saturated carbocycles. The van der Waals surface area contributed by atoms with E-state index in [-0.39, 0.29) is 17.9 Å². The highest BCUT2D eigenvalue weighted by atomic mass is 16.4. The molecule has 44 heavy (non-hydrogen) atoms. The summed E-state index contributed by atoms with van der Waals surface area (Å²) < 4.78 is 0. The number of aliphatic carboxylic acids is 1. The molecule has 3 bridgehead atoms. The number of nitrogens with one attached hydrogen (secondary N) is 1. The molecule has 8 heteroatoms.